The van der Waals surface area contributed by atoms with Crippen molar-refractivity contribution in [3.8, 4) is 11.5 Å². The van der Waals surface area contributed by atoms with E-state index in [1.54, 1.807) is 32.4 Å². The van der Waals surface area contributed by atoms with Gasteiger partial charge in [0, 0.05) is 32.7 Å². The van der Waals surface area contributed by atoms with E-state index in [4.69, 9.17) is 4.74 Å². The zero-order chi connectivity index (χ0) is 21.5. The van der Waals surface area contributed by atoms with Gasteiger partial charge >= 0.3 is 6.61 Å². The van der Waals surface area contributed by atoms with Crippen molar-refractivity contribution in [1.82, 2.24) is 10.6 Å². The quantitative estimate of drug-likeness (QED) is 0.311. The first-order chi connectivity index (χ1) is 14.5. The van der Waals surface area contributed by atoms with Gasteiger partial charge in [-0.1, -0.05) is 24.3 Å². The van der Waals surface area contributed by atoms with Crippen molar-refractivity contribution in [3.05, 3.63) is 53.6 Å². The Bertz CT molecular complexity index is 882. The molecular weight excluding hydrogens is 517 g/mol. The third-order valence-electron chi connectivity index (χ3n) is 5.09. The molecule has 0 aliphatic carbocycles. The number of alkyl halides is 2. The molecule has 9 heteroatoms. The summed E-state index contributed by atoms with van der Waals surface area (Å²) in [5, 5.41) is 6.74. The van der Waals surface area contributed by atoms with Crippen LogP contribution < -0.4 is 25.0 Å². The van der Waals surface area contributed by atoms with Crippen LogP contribution >= 0.6 is 24.0 Å². The van der Waals surface area contributed by atoms with Crippen molar-refractivity contribution in [3.63, 3.8) is 0 Å². The number of aryl methyl sites for hydroxylation is 1. The largest absolute Gasteiger partial charge is 0.496 e. The number of benzene rings is 2. The molecule has 1 fully saturated rings. The van der Waals surface area contributed by atoms with E-state index in [0.29, 0.717) is 24.7 Å². The molecule has 1 unspecified atom stereocenters. The Kier molecular flexibility index (Phi) is 9.60. The molecule has 170 valence electrons. The van der Waals surface area contributed by atoms with Crippen LogP contribution in [0.4, 0.5) is 14.5 Å². The topological polar surface area (TPSA) is 58.1 Å². The van der Waals surface area contributed by atoms with Crippen molar-refractivity contribution in [2.24, 2.45) is 4.99 Å². The number of guanidine groups is 1. The SMILES string of the molecule is CN=C(NCc1ccc(OC)c(C)c1)NC1CCN(c2ccccc2OC(F)F)C1.I. The fourth-order valence-corrected chi connectivity index (χ4v) is 3.64. The average molecular weight is 546 g/mol. The molecule has 1 atom stereocenters. The van der Waals surface area contributed by atoms with Crippen molar-refractivity contribution >= 4 is 35.6 Å². The molecule has 0 aromatic heterocycles. The van der Waals surface area contributed by atoms with Crippen molar-refractivity contribution in [2.75, 3.05) is 32.1 Å². The lowest BCUT2D eigenvalue weighted by atomic mass is 10.1. The van der Waals surface area contributed by atoms with Crippen LogP contribution in [0.1, 0.15) is 17.5 Å². The number of halogens is 3. The van der Waals surface area contributed by atoms with E-state index in [2.05, 4.69) is 31.3 Å². The number of hydrogen-bond donors (Lipinski definition) is 2. The fourth-order valence-electron chi connectivity index (χ4n) is 3.64. The second kappa shape index (κ2) is 11.9. The first-order valence-corrected chi connectivity index (χ1v) is 9.89. The Morgan fingerprint density at radius 3 is 2.68 bits per heavy atom. The first kappa shape index (κ1) is 25.0. The molecule has 1 heterocycles. The Balaban J connectivity index is 0.00000341. The van der Waals surface area contributed by atoms with E-state index in [0.717, 1.165) is 29.8 Å². The molecule has 31 heavy (non-hydrogen) atoms. The third kappa shape index (κ3) is 6.84. The number of methoxy groups -OCH3 is 1. The summed E-state index contributed by atoms with van der Waals surface area (Å²) in [7, 11) is 3.39. The molecule has 0 amide bonds. The number of ether oxygens (including phenoxy) is 2. The second-order valence-corrected chi connectivity index (χ2v) is 7.15. The van der Waals surface area contributed by atoms with Crippen LogP contribution in [0.25, 0.3) is 0 Å². The van der Waals surface area contributed by atoms with Gasteiger partial charge in [0.15, 0.2) is 5.96 Å². The molecule has 3 rings (SSSR count). The van der Waals surface area contributed by atoms with Crippen LogP contribution in [0.2, 0.25) is 0 Å². The number of rotatable bonds is 7. The van der Waals surface area contributed by atoms with Crippen LogP contribution in [-0.2, 0) is 6.54 Å². The van der Waals surface area contributed by atoms with E-state index in [1.807, 2.05) is 25.1 Å². The fraction of sp³-hybridized carbons (Fsp3) is 0.409. The number of aliphatic imine (C=N–C) groups is 1. The van der Waals surface area contributed by atoms with Gasteiger partial charge in [0.05, 0.1) is 12.8 Å². The lowest BCUT2D eigenvalue weighted by Crippen LogP contribution is -2.44. The van der Waals surface area contributed by atoms with Gasteiger partial charge in [0.1, 0.15) is 11.5 Å². The van der Waals surface area contributed by atoms with Crippen LogP contribution in [0.5, 0.6) is 11.5 Å². The highest BCUT2D eigenvalue weighted by molar-refractivity contribution is 14.0. The minimum Gasteiger partial charge on any atom is -0.496 e. The maximum atomic E-state index is 12.7. The normalized spacial score (nSPS) is 16.1. The minimum absolute atomic E-state index is 0. The zero-order valence-corrected chi connectivity index (χ0v) is 20.2. The summed E-state index contributed by atoms with van der Waals surface area (Å²) in [6.07, 6.45) is 0.866. The first-order valence-electron chi connectivity index (χ1n) is 9.89. The van der Waals surface area contributed by atoms with Gasteiger partial charge in [-0.05, 0) is 42.7 Å². The Morgan fingerprint density at radius 2 is 2.00 bits per heavy atom. The molecule has 6 nitrogen and oxygen atoms in total. The lowest BCUT2D eigenvalue weighted by molar-refractivity contribution is -0.0495. The lowest BCUT2D eigenvalue weighted by Gasteiger charge is -2.22. The number of nitrogens with one attached hydrogen (secondary N) is 2. The molecule has 1 aliphatic rings. The minimum atomic E-state index is -2.84. The number of hydrogen-bond acceptors (Lipinski definition) is 4. The molecule has 0 bridgehead atoms. The summed E-state index contributed by atoms with van der Waals surface area (Å²) in [6.45, 7) is 1.22. The molecule has 0 spiro atoms. The standard InChI is InChI=1S/C22H28F2N4O2.HI/c1-15-12-16(8-9-19(15)29-3)13-26-22(25-2)27-17-10-11-28(14-17)18-6-4-5-7-20(18)30-21(23)24;/h4-9,12,17,21H,10-11,13-14H2,1-3H3,(H2,25,26,27);1H. The monoisotopic (exact) mass is 546 g/mol. The highest BCUT2D eigenvalue weighted by Gasteiger charge is 2.26. The molecule has 0 saturated carbocycles. The average Bonchev–Trinajstić information content (AvgIpc) is 3.19. The van der Waals surface area contributed by atoms with Gasteiger partial charge in [-0.15, -0.1) is 24.0 Å². The molecule has 0 radical (unpaired) electrons. The van der Waals surface area contributed by atoms with E-state index >= 15 is 0 Å². The highest BCUT2D eigenvalue weighted by atomic mass is 127. The van der Waals surface area contributed by atoms with Crippen LogP contribution in [0.15, 0.2) is 47.5 Å². The smallest absolute Gasteiger partial charge is 0.387 e. The van der Waals surface area contributed by atoms with Gasteiger partial charge in [-0.3, -0.25) is 4.99 Å². The predicted octanol–water partition coefficient (Wildman–Crippen LogP) is 4.17. The zero-order valence-electron chi connectivity index (χ0n) is 17.9. The van der Waals surface area contributed by atoms with Crippen molar-refractivity contribution in [2.45, 2.75) is 32.5 Å². The van der Waals surface area contributed by atoms with Crippen molar-refractivity contribution in [1.29, 1.82) is 0 Å². The molecule has 1 aliphatic heterocycles. The summed E-state index contributed by atoms with van der Waals surface area (Å²) in [5.41, 5.74) is 2.89. The summed E-state index contributed by atoms with van der Waals surface area (Å²) >= 11 is 0. The van der Waals surface area contributed by atoms with Gasteiger partial charge in [0.25, 0.3) is 0 Å². The predicted molar refractivity (Wildman–Crippen MR) is 130 cm³/mol. The van der Waals surface area contributed by atoms with Crippen molar-refractivity contribution < 1.29 is 18.3 Å². The summed E-state index contributed by atoms with van der Waals surface area (Å²) in [6, 6.07) is 13.1. The number of para-hydroxylation sites is 2. The van der Waals surface area contributed by atoms with Crippen LogP contribution in [0, 0.1) is 6.92 Å². The number of nitrogens with zero attached hydrogens (tertiary/aromatic N) is 2. The Labute approximate surface area is 199 Å². The van der Waals surface area contributed by atoms with Crippen LogP contribution in [0.3, 0.4) is 0 Å². The molecule has 2 aromatic carbocycles. The maximum absolute atomic E-state index is 12.7. The molecular formula is C22H29F2IN4O2. The van der Waals surface area contributed by atoms with E-state index in [-0.39, 0.29) is 35.8 Å². The van der Waals surface area contributed by atoms with E-state index < -0.39 is 6.61 Å². The molecule has 1 saturated heterocycles. The van der Waals surface area contributed by atoms with E-state index in [9.17, 15) is 8.78 Å². The summed E-state index contributed by atoms with van der Waals surface area (Å²) < 4.78 is 35.3. The highest BCUT2D eigenvalue weighted by Crippen LogP contribution is 2.31. The molecule has 2 N–H and O–H groups in total. The third-order valence-corrected chi connectivity index (χ3v) is 5.09. The van der Waals surface area contributed by atoms with Crippen LogP contribution in [-0.4, -0.2) is 45.9 Å². The Morgan fingerprint density at radius 1 is 1.23 bits per heavy atom. The summed E-state index contributed by atoms with van der Waals surface area (Å²) in [4.78, 5) is 6.36. The second-order valence-electron chi connectivity index (χ2n) is 7.15. The van der Waals surface area contributed by atoms with Gasteiger partial charge in [0.2, 0.25) is 0 Å². The Hall–Kier alpha value is -2.30. The maximum Gasteiger partial charge on any atom is 0.387 e. The molecule has 2 aromatic rings. The summed E-state index contributed by atoms with van der Waals surface area (Å²) in [5.74, 6) is 1.77. The van der Waals surface area contributed by atoms with Gasteiger partial charge in [-0.2, -0.15) is 8.78 Å². The number of anilines is 1. The van der Waals surface area contributed by atoms with Gasteiger partial charge in [-0.25, -0.2) is 0 Å². The van der Waals surface area contributed by atoms with Gasteiger partial charge < -0.3 is 25.0 Å². The van der Waals surface area contributed by atoms with E-state index in [1.165, 1.54) is 0 Å².